The van der Waals surface area contributed by atoms with Gasteiger partial charge in [0.1, 0.15) is 24.5 Å². The van der Waals surface area contributed by atoms with Crippen molar-refractivity contribution in [3.05, 3.63) is 112 Å². The number of benzene rings is 3. The zero-order valence-corrected chi connectivity index (χ0v) is 27.1. The highest BCUT2D eigenvalue weighted by Crippen LogP contribution is 2.21. The zero-order valence-electron chi connectivity index (χ0n) is 27.1. The van der Waals surface area contributed by atoms with Crippen LogP contribution in [0.5, 0.6) is 5.75 Å². The second-order valence-corrected chi connectivity index (χ2v) is 11.9. The Morgan fingerprint density at radius 3 is 2.25 bits per heavy atom. The monoisotopic (exact) mass is 655 g/mol. The van der Waals surface area contributed by atoms with Gasteiger partial charge in [-0.15, -0.1) is 0 Å². The molecule has 0 fully saturated rings. The first-order chi connectivity index (χ1) is 23.1. The molecule has 11 nitrogen and oxygen atoms in total. The quantitative estimate of drug-likeness (QED) is 0.0827. The first kappa shape index (κ1) is 35.4. The summed E-state index contributed by atoms with van der Waals surface area (Å²) in [5, 5.41) is 6.15. The number of hydrogen-bond donors (Lipinski definition) is 3. The number of primary amides is 1. The Kier molecular flexibility index (Phi) is 12.9. The first-order valence-electron chi connectivity index (χ1n) is 15.9. The second-order valence-electron chi connectivity index (χ2n) is 11.9. The van der Waals surface area contributed by atoms with E-state index in [9.17, 15) is 24.0 Å². The lowest BCUT2D eigenvalue weighted by Gasteiger charge is -2.24. The summed E-state index contributed by atoms with van der Waals surface area (Å²) < 4.78 is 16.5. The van der Waals surface area contributed by atoms with Crippen molar-refractivity contribution < 1.29 is 33.1 Å². The lowest BCUT2D eigenvalue weighted by molar-refractivity contribution is -0.149. The summed E-state index contributed by atoms with van der Waals surface area (Å²) in [6.07, 6.45) is 0.605. The van der Waals surface area contributed by atoms with Gasteiger partial charge in [0, 0.05) is 30.5 Å². The zero-order chi connectivity index (χ0) is 34.5. The highest BCUT2D eigenvalue weighted by molar-refractivity contribution is 5.92. The number of amides is 3. The molecule has 11 heteroatoms. The van der Waals surface area contributed by atoms with Gasteiger partial charge in [-0.25, -0.2) is 9.59 Å². The molecular formula is C37H41N3O8. The van der Waals surface area contributed by atoms with Crippen LogP contribution < -0.4 is 26.7 Å². The molecule has 4 rings (SSSR count). The SMILES string of the molecule is CC(C)C(CC(=O)OCc1ccccc1)C(=O)NC(CCCNC(N)=O)C(=O)Cc1ccc(COc2ccc3ccc(=O)oc3c2)cc1. The van der Waals surface area contributed by atoms with Gasteiger partial charge in [-0.3, -0.25) is 14.4 Å². The molecule has 0 saturated carbocycles. The summed E-state index contributed by atoms with van der Waals surface area (Å²) in [4.78, 5) is 62.2. The van der Waals surface area contributed by atoms with E-state index in [1.165, 1.54) is 6.07 Å². The molecule has 0 spiro atoms. The molecule has 252 valence electrons. The fourth-order valence-electron chi connectivity index (χ4n) is 5.09. The summed E-state index contributed by atoms with van der Waals surface area (Å²) in [7, 11) is 0. The minimum absolute atomic E-state index is 0.0600. The molecule has 2 atom stereocenters. The van der Waals surface area contributed by atoms with Gasteiger partial charge in [-0.1, -0.05) is 68.4 Å². The van der Waals surface area contributed by atoms with Gasteiger partial charge in [0.2, 0.25) is 5.91 Å². The maximum absolute atomic E-state index is 13.5. The molecule has 1 aromatic heterocycles. The van der Waals surface area contributed by atoms with Gasteiger partial charge in [-0.2, -0.15) is 0 Å². The van der Waals surface area contributed by atoms with Crippen molar-refractivity contribution in [1.82, 2.24) is 10.6 Å². The van der Waals surface area contributed by atoms with Crippen LogP contribution >= 0.6 is 0 Å². The number of rotatable bonds is 17. The predicted octanol–water partition coefficient (Wildman–Crippen LogP) is 4.82. The molecular weight excluding hydrogens is 614 g/mol. The third-order valence-corrected chi connectivity index (χ3v) is 7.85. The highest BCUT2D eigenvalue weighted by Gasteiger charge is 2.29. The number of nitrogens with one attached hydrogen (secondary N) is 2. The Bertz CT molecular complexity index is 1750. The molecule has 0 aliphatic heterocycles. The van der Waals surface area contributed by atoms with Crippen molar-refractivity contribution in [1.29, 1.82) is 0 Å². The lowest BCUT2D eigenvalue weighted by Crippen LogP contribution is -2.46. The third kappa shape index (κ3) is 11.1. The summed E-state index contributed by atoms with van der Waals surface area (Å²) in [6.45, 7) is 4.28. The van der Waals surface area contributed by atoms with E-state index < -0.39 is 35.5 Å². The van der Waals surface area contributed by atoms with Crippen LogP contribution in [-0.4, -0.2) is 36.3 Å². The van der Waals surface area contributed by atoms with Crippen molar-refractivity contribution in [2.24, 2.45) is 17.6 Å². The van der Waals surface area contributed by atoms with Gasteiger partial charge in [0.15, 0.2) is 5.78 Å². The summed E-state index contributed by atoms with van der Waals surface area (Å²) >= 11 is 0. The fraction of sp³-hybridized carbons (Fsp3) is 0.324. The molecule has 3 amide bonds. The standard InChI is InChI=1S/C37H41N3O8/c1-24(2)30(21-35(43)47-23-26-7-4-3-5-8-26)36(44)40-31(9-6-18-39-37(38)45)32(41)19-25-10-12-27(13-11-25)22-46-29-16-14-28-15-17-34(42)48-33(28)20-29/h3-5,7-8,10-17,20,24,30-31H,6,9,18-19,21-23H2,1-2H3,(H,40,44)(H3,38,39,45). The van der Waals surface area contributed by atoms with E-state index in [1.807, 2.05) is 74.5 Å². The number of Topliss-reactive ketones (excluding diaryl/α,β-unsaturated/α-hetero) is 1. The van der Waals surface area contributed by atoms with Gasteiger partial charge in [0.25, 0.3) is 0 Å². The second kappa shape index (κ2) is 17.5. The smallest absolute Gasteiger partial charge is 0.336 e. The van der Waals surface area contributed by atoms with Gasteiger partial charge < -0.3 is 30.3 Å². The lowest BCUT2D eigenvalue weighted by atomic mass is 9.90. The number of urea groups is 1. The van der Waals surface area contributed by atoms with Crippen molar-refractivity contribution in [2.45, 2.75) is 58.8 Å². The van der Waals surface area contributed by atoms with Gasteiger partial charge in [-0.05, 0) is 53.6 Å². The Labute approximate surface area is 278 Å². The molecule has 2 unspecified atom stereocenters. The van der Waals surface area contributed by atoms with Gasteiger partial charge in [0.05, 0.1) is 18.4 Å². The normalized spacial score (nSPS) is 12.2. The summed E-state index contributed by atoms with van der Waals surface area (Å²) in [6, 6.07) is 23.4. The van der Waals surface area contributed by atoms with E-state index in [2.05, 4.69) is 10.6 Å². The fourth-order valence-corrected chi connectivity index (χ4v) is 5.09. The van der Waals surface area contributed by atoms with E-state index in [0.29, 0.717) is 17.8 Å². The number of ether oxygens (including phenoxy) is 2. The van der Waals surface area contributed by atoms with Crippen molar-refractivity contribution >= 4 is 34.7 Å². The van der Waals surface area contributed by atoms with Crippen LogP contribution in [0.1, 0.15) is 49.8 Å². The number of carbonyl (C=O) groups excluding carboxylic acids is 4. The summed E-state index contributed by atoms with van der Waals surface area (Å²) in [5.74, 6) is -1.47. The van der Waals surface area contributed by atoms with E-state index in [0.717, 1.165) is 22.1 Å². The van der Waals surface area contributed by atoms with Crippen molar-refractivity contribution in [2.75, 3.05) is 6.54 Å². The van der Waals surface area contributed by atoms with E-state index in [4.69, 9.17) is 19.6 Å². The molecule has 48 heavy (non-hydrogen) atoms. The van der Waals surface area contributed by atoms with Crippen LogP contribution in [0.4, 0.5) is 4.79 Å². The maximum Gasteiger partial charge on any atom is 0.336 e. The maximum atomic E-state index is 13.5. The largest absolute Gasteiger partial charge is 0.489 e. The minimum atomic E-state index is -0.843. The molecule has 4 N–H and O–H groups in total. The molecule has 0 radical (unpaired) electrons. The Morgan fingerprint density at radius 2 is 1.54 bits per heavy atom. The van der Waals surface area contributed by atoms with Crippen LogP contribution in [-0.2, 0) is 38.8 Å². The number of ketones is 1. The Morgan fingerprint density at radius 1 is 0.854 bits per heavy atom. The third-order valence-electron chi connectivity index (χ3n) is 7.85. The van der Waals surface area contributed by atoms with Crippen LogP contribution in [0.3, 0.4) is 0 Å². The van der Waals surface area contributed by atoms with E-state index in [1.54, 1.807) is 18.2 Å². The number of hydrogen-bond acceptors (Lipinski definition) is 8. The van der Waals surface area contributed by atoms with Gasteiger partial charge >= 0.3 is 17.6 Å². The molecule has 3 aromatic carbocycles. The number of fused-ring (bicyclic) bond motifs is 1. The highest BCUT2D eigenvalue weighted by atomic mass is 16.5. The minimum Gasteiger partial charge on any atom is -0.489 e. The predicted molar refractivity (Wildman–Crippen MR) is 180 cm³/mol. The average Bonchev–Trinajstić information content (AvgIpc) is 3.07. The first-order valence-corrected chi connectivity index (χ1v) is 15.9. The Balaban J connectivity index is 1.35. The van der Waals surface area contributed by atoms with Crippen LogP contribution in [0.2, 0.25) is 0 Å². The molecule has 0 aliphatic rings. The van der Waals surface area contributed by atoms with Crippen molar-refractivity contribution in [3.63, 3.8) is 0 Å². The molecule has 0 aliphatic carbocycles. The molecule has 1 heterocycles. The molecule has 0 bridgehead atoms. The van der Waals surface area contributed by atoms with Crippen LogP contribution in [0.25, 0.3) is 11.0 Å². The van der Waals surface area contributed by atoms with Crippen LogP contribution in [0.15, 0.2) is 94.1 Å². The van der Waals surface area contributed by atoms with Crippen LogP contribution in [0, 0.1) is 11.8 Å². The molecule has 4 aromatic rings. The number of esters is 1. The van der Waals surface area contributed by atoms with E-state index in [-0.39, 0.29) is 50.7 Å². The Hall–Kier alpha value is -5.45. The van der Waals surface area contributed by atoms with Crippen molar-refractivity contribution in [3.8, 4) is 5.75 Å². The number of carbonyl (C=O) groups is 4. The number of nitrogens with two attached hydrogens (primary N) is 1. The topological polar surface area (TPSA) is 167 Å². The van der Waals surface area contributed by atoms with E-state index >= 15 is 0 Å². The average molecular weight is 656 g/mol. The molecule has 0 saturated heterocycles. The summed E-state index contributed by atoms with van der Waals surface area (Å²) in [5.41, 5.74) is 7.62.